The molecule has 1 amide bonds. The molecule has 1 aromatic heterocycles. The molecule has 0 aromatic carbocycles. The highest BCUT2D eigenvalue weighted by atomic mass is 32.2. The summed E-state index contributed by atoms with van der Waals surface area (Å²) < 4.78 is 1.32. The molecule has 0 bridgehead atoms. The number of thioether (sulfide) groups is 1. The number of aromatic nitrogens is 3. The van der Waals surface area contributed by atoms with Gasteiger partial charge in [0.15, 0.2) is 5.16 Å². The molecule has 104 valence electrons. The van der Waals surface area contributed by atoms with Crippen molar-refractivity contribution < 1.29 is 14.7 Å². The summed E-state index contributed by atoms with van der Waals surface area (Å²) in [6.07, 6.45) is 1.86. The van der Waals surface area contributed by atoms with Crippen molar-refractivity contribution in [1.82, 2.24) is 20.1 Å². The van der Waals surface area contributed by atoms with E-state index in [1.807, 2.05) is 0 Å². The lowest BCUT2D eigenvalue weighted by atomic mass is 10.4. The van der Waals surface area contributed by atoms with Gasteiger partial charge >= 0.3 is 11.7 Å². The minimum Gasteiger partial charge on any atom is -0.481 e. The number of carboxylic acid groups (broad SMARTS) is 1. The summed E-state index contributed by atoms with van der Waals surface area (Å²) in [5, 5.41) is 17.6. The summed E-state index contributed by atoms with van der Waals surface area (Å²) in [6.45, 7) is 0.602. The average molecular weight is 286 g/mol. The lowest BCUT2D eigenvalue weighted by Gasteiger charge is -2.06. The predicted molar refractivity (Wildman–Crippen MR) is 66.9 cm³/mol. The normalized spacial score (nSPS) is 14.3. The van der Waals surface area contributed by atoms with E-state index < -0.39 is 11.7 Å². The van der Waals surface area contributed by atoms with E-state index in [1.165, 1.54) is 4.57 Å². The molecule has 8 nitrogen and oxygen atoms in total. The first-order valence-electron chi connectivity index (χ1n) is 5.85. The molecule has 1 aliphatic rings. The first-order valence-corrected chi connectivity index (χ1v) is 6.84. The third-order valence-corrected chi connectivity index (χ3v) is 3.59. The SMILES string of the molecule is O=C(O)CSc1n[nH]c(=O)n1CCNC(=O)C1CC1. The monoisotopic (exact) mass is 286 g/mol. The molecule has 0 aliphatic heterocycles. The molecule has 1 aliphatic carbocycles. The molecule has 3 N–H and O–H groups in total. The number of aromatic amines is 1. The number of hydrogen-bond donors (Lipinski definition) is 3. The lowest BCUT2D eigenvalue weighted by molar-refractivity contribution is -0.134. The third kappa shape index (κ3) is 3.85. The molecule has 1 heterocycles. The minimum absolute atomic E-state index is 0.0104. The Bertz CT molecular complexity index is 534. The molecule has 9 heteroatoms. The Morgan fingerprint density at radius 3 is 2.89 bits per heavy atom. The highest BCUT2D eigenvalue weighted by molar-refractivity contribution is 7.99. The van der Waals surface area contributed by atoms with Crippen molar-refractivity contribution in [2.75, 3.05) is 12.3 Å². The molecule has 1 saturated carbocycles. The van der Waals surface area contributed by atoms with E-state index >= 15 is 0 Å². The Balaban J connectivity index is 1.87. The van der Waals surface area contributed by atoms with Gasteiger partial charge in [0.25, 0.3) is 0 Å². The molecule has 0 unspecified atom stereocenters. The van der Waals surface area contributed by atoms with Crippen LogP contribution in [0.5, 0.6) is 0 Å². The van der Waals surface area contributed by atoms with E-state index in [9.17, 15) is 14.4 Å². The van der Waals surface area contributed by atoms with E-state index in [-0.39, 0.29) is 24.1 Å². The van der Waals surface area contributed by atoms with Crippen molar-refractivity contribution in [3.8, 4) is 0 Å². The number of rotatable bonds is 7. The van der Waals surface area contributed by atoms with Gasteiger partial charge in [0.2, 0.25) is 5.91 Å². The van der Waals surface area contributed by atoms with Gasteiger partial charge in [-0.3, -0.25) is 14.2 Å². The fourth-order valence-corrected chi connectivity index (χ4v) is 2.21. The van der Waals surface area contributed by atoms with Crippen molar-refractivity contribution in [2.24, 2.45) is 5.92 Å². The van der Waals surface area contributed by atoms with Gasteiger partial charge in [-0.2, -0.15) is 0 Å². The molecular weight excluding hydrogens is 272 g/mol. The van der Waals surface area contributed by atoms with Crippen LogP contribution in [0.4, 0.5) is 0 Å². The second-order valence-electron chi connectivity index (χ2n) is 4.21. The Morgan fingerprint density at radius 1 is 1.53 bits per heavy atom. The minimum atomic E-state index is -0.978. The molecule has 0 spiro atoms. The van der Waals surface area contributed by atoms with Gasteiger partial charge in [0.05, 0.1) is 5.75 Å². The Kier molecular flexibility index (Phi) is 4.25. The van der Waals surface area contributed by atoms with Gasteiger partial charge in [-0.25, -0.2) is 9.89 Å². The average Bonchev–Trinajstić information content (AvgIpc) is 3.14. The zero-order valence-electron chi connectivity index (χ0n) is 10.1. The number of nitrogens with zero attached hydrogens (tertiary/aromatic N) is 2. The molecule has 0 saturated heterocycles. The van der Waals surface area contributed by atoms with Crippen LogP contribution >= 0.6 is 11.8 Å². The molecular formula is C10H14N4O4S. The van der Waals surface area contributed by atoms with E-state index in [0.717, 1.165) is 24.6 Å². The summed E-state index contributed by atoms with van der Waals surface area (Å²) in [5.41, 5.74) is -0.409. The largest absolute Gasteiger partial charge is 0.481 e. The van der Waals surface area contributed by atoms with Crippen LogP contribution in [0.3, 0.4) is 0 Å². The van der Waals surface area contributed by atoms with E-state index in [2.05, 4.69) is 15.5 Å². The van der Waals surface area contributed by atoms with Gasteiger partial charge in [-0.1, -0.05) is 11.8 Å². The summed E-state index contributed by atoms with van der Waals surface area (Å²) in [7, 11) is 0. The van der Waals surface area contributed by atoms with Crippen LogP contribution in [0.15, 0.2) is 9.95 Å². The Labute approximate surface area is 112 Å². The second-order valence-corrected chi connectivity index (χ2v) is 5.15. The predicted octanol–water partition coefficient (Wildman–Crippen LogP) is -0.726. The Hall–Kier alpha value is -1.77. The number of carboxylic acids is 1. The highest BCUT2D eigenvalue weighted by Gasteiger charge is 2.29. The van der Waals surface area contributed by atoms with E-state index in [0.29, 0.717) is 11.7 Å². The van der Waals surface area contributed by atoms with Crippen LogP contribution in [0.25, 0.3) is 0 Å². The first kappa shape index (κ1) is 13.7. The van der Waals surface area contributed by atoms with Gasteiger partial charge in [0, 0.05) is 19.0 Å². The Morgan fingerprint density at radius 2 is 2.26 bits per heavy atom. The van der Waals surface area contributed by atoms with Gasteiger partial charge < -0.3 is 10.4 Å². The van der Waals surface area contributed by atoms with Crippen molar-refractivity contribution >= 4 is 23.6 Å². The van der Waals surface area contributed by atoms with Gasteiger partial charge in [-0.05, 0) is 12.8 Å². The van der Waals surface area contributed by atoms with Crippen LogP contribution in [-0.2, 0) is 16.1 Å². The van der Waals surface area contributed by atoms with Crippen LogP contribution in [0.1, 0.15) is 12.8 Å². The number of amides is 1. The second kappa shape index (κ2) is 5.91. The summed E-state index contributed by atoms with van der Waals surface area (Å²) in [6, 6.07) is 0. The number of carbonyl (C=O) groups excluding carboxylic acids is 1. The maximum Gasteiger partial charge on any atom is 0.344 e. The zero-order chi connectivity index (χ0) is 13.8. The fourth-order valence-electron chi connectivity index (χ4n) is 1.52. The first-order chi connectivity index (χ1) is 9.08. The quantitative estimate of drug-likeness (QED) is 0.569. The molecule has 2 rings (SSSR count). The zero-order valence-corrected chi connectivity index (χ0v) is 10.9. The standard InChI is InChI=1S/C10H14N4O4S/c15-7(16)5-19-10-13-12-9(18)14(10)4-3-11-8(17)6-1-2-6/h6H,1-5H2,(H,11,17)(H,12,18)(H,15,16). The number of aliphatic carboxylic acids is 1. The number of carbonyl (C=O) groups is 2. The highest BCUT2D eigenvalue weighted by Crippen LogP contribution is 2.28. The fraction of sp³-hybridized carbons (Fsp3) is 0.600. The summed E-state index contributed by atoms with van der Waals surface area (Å²) in [5.74, 6) is -1.01. The summed E-state index contributed by atoms with van der Waals surface area (Å²) >= 11 is 0.962. The van der Waals surface area contributed by atoms with E-state index in [4.69, 9.17) is 5.11 Å². The lowest BCUT2D eigenvalue weighted by Crippen LogP contribution is -2.31. The van der Waals surface area contributed by atoms with Gasteiger partial charge in [0.1, 0.15) is 0 Å². The number of H-pyrrole nitrogens is 1. The third-order valence-electron chi connectivity index (χ3n) is 2.63. The number of nitrogens with one attached hydrogen (secondary N) is 2. The molecule has 0 atom stereocenters. The van der Waals surface area contributed by atoms with Crippen LogP contribution in [0, 0.1) is 5.92 Å². The maximum absolute atomic E-state index is 11.5. The molecule has 19 heavy (non-hydrogen) atoms. The smallest absolute Gasteiger partial charge is 0.344 e. The van der Waals surface area contributed by atoms with Crippen LogP contribution < -0.4 is 11.0 Å². The molecule has 1 aromatic rings. The van der Waals surface area contributed by atoms with Crippen molar-refractivity contribution in [3.63, 3.8) is 0 Å². The van der Waals surface area contributed by atoms with Crippen LogP contribution in [0.2, 0.25) is 0 Å². The van der Waals surface area contributed by atoms with Crippen LogP contribution in [-0.4, -0.2) is 44.0 Å². The van der Waals surface area contributed by atoms with Crippen molar-refractivity contribution in [1.29, 1.82) is 0 Å². The maximum atomic E-state index is 11.5. The molecule has 1 fully saturated rings. The number of hydrogen-bond acceptors (Lipinski definition) is 5. The van der Waals surface area contributed by atoms with E-state index in [1.54, 1.807) is 0 Å². The van der Waals surface area contributed by atoms with Crippen molar-refractivity contribution in [2.45, 2.75) is 24.5 Å². The molecule has 0 radical (unpaired) electrons. The summed E-state index contributed by atoms with van der Waals surface area (Å²) in [4.78, 5) is 33.4. The topological polar surface area (TPSA) is 117 Å². The van der Waals surface area contributed by atoms with Crippen molar-refractivity contribution in [3.05, 3.63) is 10.5 Å². The van der Waals surface area contributed by atoms with Gasteiger partial charge in [-0.15, -0.1) is 5.10 Å².